The molecular weight excluding hydrogens is 419 g/mol. The molecular formula is C24H20ClFN2O3. The number of rotatable bonds is 4. The number of fused-ring (bicyclic) bond motifs is 1. The molecule has 0 spiro atoms. The highest BCUT2D eigenvalue weighted by molar-refractivity contribution is 6.30. The minimum Gasteiger partial charge on any atom is -0.497 e. The summed E-state index contributed by atoms with van der Waals surface area (Å²) < 4.78 is 18.7. The van der Waals surface area contributed by atoms with Gasteiger partial charge in [-0.25, -0.2) is 4.39 Å². The van der Waals surface area contributed by atoms with E-state index in [0.29, 0.717) is 27.6 Å². The van der Waals surface area contributed by atoms with Crippen molar-refractivity contribution in [3.63, 3.8) is 0 Å². The summed E-state index contributed by atoms with van der Waals surface area (Å²) >= 11 is 6.24. The van der Waals surface area contributed by atoms with Gasteiger partial charge in [-0.15, -0.1) is 0 Å². The van der Waals surface area contributed by atoms with E-state index in [1.807, 2.05) is 12.1 Å². The average molecular weight is 439 g/mol. The van der Waals surface area contributed by atoms with Crippen LogP contribution < -0.4 is 10.1 Å². The molecule has 0 radical (unpaired) electrons. The molecule has 5 nitrogen and oxygen atoms in total. The Morgan fingerprint density at radius 1 is 1.13 bits per heavy atom. The van der Waals surface area contributed by atoms with E-state index < -0.39 is 6.04 Å². The van der Waals surface area contributed by atoms with E-state index in [9.17, 15) is 14.0 Å². The van der Waals surface area contributed by atoms with Gasteiger partial charge in [-0.2, -0.15) is 0 Å². The molecule has 0 aliphatic carbocycles. The molecule has 3 aromatic rings. The van der Waals surface area contributed by atoms with Crippen LogP contribution in [0.15, 0.2) is 66.7 Å². The Kier molecular flexibility index (Phi) is 5.91. The lowest BCUT2D eigenvalue weighted by atomic mass is 9.95. The number of carbonyl (C=O) groups is 2. The summed E-state index contributed by atoms with van der Waals surface area (Å²) in [6.45, 7) is -0.136. The van der Waals surface area contributed by atoms with Crippen molar-refractivity contribution in [1.29, 1.82) is 0 Å². The summed E-state index contributed by atoms with van der Waals surface area (Å²) in [7, 11) is 1.58. The van der Waals surface area contributed by atoms with Gasteiger partial charge in [0.1, 0.15) is 18.1 Å². The Hall–Kier alpha value is -3.38. The van der Waals surface area contributed by atoms with Crippen LogP contribution in [0.25, 0.3) is 0 Å². The monoisotopic (exact) mass is 438 g/mol. The molecule has 1 N–H and O–H groups in total. The molecule has 1 atom stereocenters. The van der Waals surface area contributed by atoms with Gasteiger partial charge in [0.05, 0.1) is 19.6 Å². The van der Waals surface area contributed by atoms with Gasteiger partial charge in [-0.05, 0) is 53.6 Å². The van der Waals surface area contributed by atoms with Crippen LogP contribution >= 0.6 is 11.6 Å². The van der Waals surface area contributed by atoms with Gasteiger partial charge in [0, 0.05) is 16.3 Å². The first-order valence-corrected chi connectivity index (χ1v) is 10.1. The molecule has 0 saturated heterocycles. The fourth-order valence-corrected chi connectivity index (χ4v) is 3.91. The van der Waals surface area contributed by atoms with E-state index in [4.69, 9.17) is 16.3 Å². The normalized spacial score (nSPS) is 15.6. The smallest absolute Gasteiger partial charge is 0.244 e. The highest BCUT2D eigenvalue weighted by atomic mass is 35.5. The summed E-state index contributed by atoms with van der Waals surface area (Å²) in [5, 5.41) is 3.32. The molecule has 158 valence electrons. The molecule has 0 bridgehead atoms. The Morgan fingerprint density at radius 3 is 2.52 bits per heavy atom. The molecule has 1 aliphatic heterocycles. The summed E-state index contributed by atoms with van der Waals surface area (Å²) in [5.41, 5.74) is 2.72. The van der Waals surface area contributed by atoms with Gasteiger partial charge >= 0.3 is 0 Å². The summed E-state index contributed by atoms with van der Waals surface area (Å²) in [6, 6.07) is 17.6. The molecule has 0 aromatic heterocycles. The zero-order chi connectivity index (χ0) is 22.0. The van der Waals surface area contributed by atoms with Crippen LogP contribution in [-0.2, 0) is 16.0 Å². The number of nitrogens with zero attached hydrogens (tertiary/aromatic N) is 1. The highest BCUT2D eigenvalue weighted by Crippen LogP contribution is 2.37. The van der Waals surface area contributed by atoms with Gasteiger partial charge < -0.3 is 15.0 Å². The molecule has 0 fully saturated rings. The van der Waals surface area contributed by atoms with Crippen molar-refractivity contribution >= 4 is 29.1 Å². The maximum absolute atomic E-state index is 13.6. The molecule has 31 heavy (non-hydrogen) atoms. The van der Waals surface area contributed by atoms with E-state index in [2.05, 4.69) is 5.32 Å². The minimum absolute atomic E-state index is 0.102. The lowest BCUT2D eigenvalue weighted by Crippen LogP contribution is -2.39. The number of methoxy groups -OCH3 is 1. The van der Waals surface area contributed by atoms with E-state index in [-0.39, 0.29) is 30.6 Å². The third kappa shape index (κ3) is 4.54. The number of halogens is 2. The Morgan fingerprint density at radius 2 is 1.84 bits per heavy atom. The van der Waals surface area contributed by atoms with Crippen LogP contribution in [-0.4, -0.2) is 30.4 Å². The van der Waals surface area contributed by atoms with Gasteiger partial charge in [-0.1, -0.05) is 35.9 Å². The topological polar surface area (TPSA) is 58.6 Å². The van der Waals surface area contributed by atoms with Gasteiger partial charge in [0.25, 0.3) is 0 Å². The van der Waals surface area contributed by atoms with Crippen LogP contribution in [0, 0.1) is 5.82 Å². The molecule has 1 heterocycles. The van der Waals surface area contributed by atoms with Gasteiger partial charge in [-0.3, -0.25) is 9.59 Å². The molecule has 3 aromatic carbocycles. The van der Waals surface area contributed by atoms with Crippen LogP contribution in [0.5, 0.6) is 5.75 Å². The first-order valence-electron chi connectivity index (χ1n) is 9.72. The van der Waals surface area contributed by atoms with Crippen molar-refractivity contribution in [1.82, 2.24) is 4.90 Å². The average Bonchev–Trinajstić information content (AvgIpc) is 2.90. The van der Waals surface area contributed by atoms with E-state index in [1.165, 1.54) is 17.0 Å². The minimum atomic E-state index is -0.598. The Bertz CT molecular complexity index is 1120. The molecule has 7 heteroatoms. The SMILES string of the molecule is COc1ccc(CC(=O)N2CC(=O)Nc3ccc(Cl)cc3[C@H]2c2ccc(F)cc2)cc1. The highest BCUT2D eigenvalue weighted by Gasteiger charge is 2.33. The van der Waals surface area contributed by atoms with Gasteiger partial charge in [0.2, 0.25) is 11.8 Å². The van der Waals surface area contributed by atoms with Crippen molar-refractivity contribution in [3.05, 3.63) is 94.3 Å². The quantitative estimate of drug-likeness (QED) is 0.647. The number of hydrogen-bond donors (Lipinski definition) is 1. The Balaban J connectivity index is 1.76. The number of amides is 2. The molecule has 0 saturated carbocycles. The predicted octanol–water partition coefficient (Wildman–Crippen LogP) is 4.60. The van der Waals surface area contributed by atoms with Crippen LogP contribution in [0.4, 0.5) is 10.1 Å². The number of carbonyl (C=O) groups excluding carboxylic acids is 2. The van der Waals surface area contributed by atoms with Crippen molar-refractivity contribution in [2.24, 2.45) is 0 Å². The first-order chi connectivity index (χ1) is 14.9. The predicted molar refractivity (Wildman–Crippen MR) is 117 cm³/mol. The third-order valence-corrected chi connectivity index (χ3v) is 5.46. The number of anilines is 1. The second-order valence-corrected chi connectivity index (χ2v) is 7.72. The second kappa shape index (κ2) is 8.78. The van der Waals surface area contributed by atoms with Crippen LogP contribution in [0.1, 0.15) is 22.7 Å². The number of nitrogens with one attached hydrogen (secondary N) is 1. The number of ether oxygens (including phenoxy) is 1. The number of benzene rings is 3. The second-order valence-electron chi connectivity index (χ2n) is 7.28. The zero-order valence-electron chi connectivity index (χ0n) is 16.8. The van der Waals surface area contributed by atoms with Gasteiger partial charge in [0.15, 0.2) is 0 Å². The fraction of sp³-hybridized carbons (Fsp3) is 0.167. The lowest BCUT2D eigenvalue weighted by Gasteiger charge is -2.31. The summed E-state index contributed by atoms with van der Waals surface area (Å²) in [4.78, 5) is 27.5. The zero-order valence-corrected chi connectivity index (χ0v) is 17.5. The van der Waals surface area contributed by atoms with Crippen molar-refractivity contribution in [2.45, 2.75) is 12.5 Å². The molecule has 0 unspecified atom stereocenters. The Labute approximate surface area is 184 Å². The molecule has 4 rings (SSSR count). The van der Waals surface area contributed by atoms with E-state index in [0.717, 1.165) is 5.56 Å². The first kappa shape index (κ1) is 20.9. The standard InChI is InChI=1S/C24H20ClFN2O3/c1-31-19-9-2-15(3-10-19)12-23(30)28-14-22(29)27-21-11-6-17(25)13-20(21)24(28)16-4-7-18(26)8-5-16/h2-11,13,24H,12,14H2,1H3,(H,27,29)/t24-/m1/s1. The summed E-state index contributed by atoms with van der Waals surface area (Å²) in [6.07, 6.45) is 0.102. The molecule has 2 amide bonds. The van der Waals surface area contributed by atoms with Crippen LogP contribution in [0.3, 0.4) is 0 Å². The largest absolute Gasteiger partial charge is 0.497 e. The van der Waals surface area contributed by atoms with E-state index >= 15 is 0 Å². The lowest BCUT2D eigenvalue weighted by molar-refractivity contribution is -0.135. The van der Waals surface area contributed by atoms with Crippen molar-refractivity contribution < 1.29 is 18.7 Å². The fourth-order valence-electron chi connectivity index (χ4n) is 3.73. The third-order valence-electron chi connectivity index (χ3n) is 5.23. The molecule has 1 aliphatic rings. The maximum Gasteiger partial charge on any atom is 0.244 e. The maximum atomic E-state index is 13.6. The van der Waals surface area contributed by atoms with Crippen molar-refractivity contribution in [2.75, 3.05) is 19.0 Å². The van der Waals surface area contributed by atoms with E-state index in [1.54, 1.807) is 49.6 Å². The summed E-state index contributed by atoms with van der Waals surface area (Å²) in [5.74, 6) is -0.231. The number of hydrogen-bond acceptors (Lipinski definition) is 3. The van der Waals surface area contributed by atoms with Crippen LogP contribution in [0.2, 0.25) is 5.02 Å². The van der Waals surface area contributed by atoms with Crippen molar-refractivity contribution in [3.8, 4) is 5.75 Å².